The molecule has 2 aliphatic heterocycles. The van der Waals surface area contributed by atoms with Crippen molar-refractivity contribution in [1.29, 1.82) is 0 Å². The van der Waals surface area contributed by atoms with E-state index in [1.807, 2.05) is 5.32 Å². The predicted octanol–water partition coefficient (Wildman–Crippen LogP) is 3.26. The van der Waals surface area contributed by atoms with E-state index >= 15 is 0 Å². The third kappa shape index (κ3) is 5.74. The molecule has 29 heavy (non-hydrogen) atoms. The molecule has 160 valence electrons. The number of pyridine rings is 1. The van der Waals surface area contributed by atoms with Crippen LogP contribution in [0.1, 0.15) is 42.5 Å². The molecule has 2 saturated heterocycles. The summed E-state index contributed by atoms with van der Waals surface area (Å²) in [4.78, 5) is 32.6. The number of nitrogens with zero attached hydrogens (tertiary/aromatic N) is 3. The smallest absolute Gasteiger partial charge is 0.355 e. The van der Waals surface area contributed by atoms with Gasteiger partial charge in [0.1, 0.15) is 12.4 Å². The Morgan fingerprint density at radius 2 is 1.90 bits per heavy atom. The van der Waals surface area contributed by atoms with Gasteiger partial charge < -0.3 is 15.1 Å². The van der Waals surface area contributed by atoms with Crippen molar-refractivity contribution < 1.29 is 22.8 Å². The van der Waals surface area contributed by atoms with Crippen molar-refractivity contribution in [2.24, 2.45) is 5.92 Å². The number of hydrogen-bond acceptors (Lipinski definition) is 4. The van der Waals surface area contributed by atoms with E-state index < -0.39 is 24.5 Å². The van der Waals surface area contributed by atoms with Crippen LogP contribution in [0.3, 0.4) is 0 Å². The fourth-order valence-electron chi connectivity index (χ4n) is 3.78. The van der Waals surface area contributed by atoms with Crippen LogP contribution >= 0.6 is 11.6 Å². The summed E-state index contributed by atoms with van der Waals surface area (Å²) in [6.07, 6.45) is 1.26. The minimum Gasteiger partial charge on any atom is -0.355 e. The van der Waals surface area contributed by atoms with Crippen LogP contribution < -0.4 is 10.2 Å². The summed E-state index contributed by atoms with van der Waals surface area (Å²) in [5.74, 6) is -0.859. The second-order valence-electron chi connectivity index (χ2n) is 7.50. The number of halogens is 4. The quantitative estimate of drug-likeness (QED) is 0.793. The van der Waals surface area contributed by atoms with E-state index in [-0.39, 0.29) is 12.5 Å². The van der Waals surface area contributed by atoms with Crippen molar-refractivity contribution in [3.05, 3.63) is 22.8 Å². The Labute approximate surface area is 172 Å². The lowest BCUT2D eigenvalue weighted by Gasteiger charge is -2.33. The van der Waals surface area contributed by atoms with Crippen molar-refractivity contribution in [2.45, 2.75) is 38.3 Å². The number of rotatable bonds is 4. The van der Waals surface area contributed by atoms with Crippen LogP contribution in [-0.2, 0) is 4.79 Å². The number of aromatic nitrogens is 1. The Kier molecular flexibility index (Phi) is 6.87. The molecule has 0 aliphatic carbocycles. The number of likely N-dealkylation sites (tertiary alicyclic amines) is 1. The third-order valence-corrected chi connectivity index (χ3v) is 5.54. The van der Waals surface area contributed by atoms with Crippen LogP contribution in [0.4, 0.5) is 19.0 Å². The fourth-order valence-corrected chi connectivity index (χ4v) is 4.06. The van der Waals surface area contributed by atoms with Crippen molar-refractivity contribution in [2.75, 3.05) is 37.6 Å². The van der Waals surface area contributed by atoms with Crippen LogP contribution in [-0.4, -0.2) is 60.6 Å². The monoisotopic (exact) mass is 432 g/mol. The van der Waals surface area contributed by atoms with Crippen LogP contribution in [0.15, 0.2) is 12.3 Å². The maximum absolute atomic E-state index is 12.6. The van der Waals surface area contributed by atoms with Gasteiger partial charge in [-0.05, 0) is 38.2 Å². The van der Waals surface area contributed by atoms with Gasteiger partial charge >= 0.3 is 6.18 Å². The number of amides is 2. The molecule has 0 spiro atoms. The highest BCUT2D eigenvalue weighted by atomic mass is 35.5. The minimum absolute atomic E-state index is 0.103. The number of piperidine rings is 2. The highest BCUT2D eigenvalue weighted by molar-refractivity contribution is 6.33. The molecule has 2 aliphatic rings. The highest BCUT2D eigenvalue weighted by Crippen LogP contribution is 2.29. The van der Waals surface area contributed by atoms with Gasteiger partial charge in [-0.25, -0.2) is 4.98 Å². The Bertz CT molecular complexity index is 753. The molecule has 10 heteroatoms. The Morgan fingerprint density at radius 3 is 2.55 bits per heavy atom. The van der Waals surface area contributed by atoms with Gasteiger partial charge in [-0.2, -0.15) is 13.2 Å². The summed E-state index contributed by atoms with van der Waals surface area (Å²) in [6, 6.07) is 1.58. The Balaban J connectivity index is 1.65. The normalized spacial score (nSPS) is 20.5. The fraction of sp³-hybridized carbons (Fsp3) is 0.632. The molecule has 1 aromatic heterocycles. The number of anilines is 1. The summed E-state index contributed by atoms with van der Waals surface area (Å²) in [5.41, 5.74) is 0.414. The van der Waals surface area contributed by atoms with E-state index in [2.05, 4.69) is 4.98 Å². The van der Waals surface area contributed by atoms with E-state index in [1.165, 1.54) is 6.20 Å². The van der Waals surface area contributed by atoms with Crippen LogP contribution in [0.5, 0.6) is 0 Å². The number of hydrogen-bond donors (Lipinski definition) is 1. The second-order valence-corrected chi connectivity index (χ2v) is 7.91. The van der Waals surface area contributed by atoms with Crippen LogP contribution in [0, 0.1) is 5.92 Å². The first-order valence-corrected chi connectivity index (χ1v) is 10.2. The predicted molar refractivity (Wildman–Crippen MR) is 103 cm³/mol. The molecule has 6 nitrogen and oxygen atoms in total. The molecular weight excluding hydrogens is 409 g/mol. The van der Waals surface area contributed by atoms with E-state index in [1.54, 1.807) is 15.9 Å². The van der Waals surface area contributed by atoms with Crippen LogP contribution in [0.25, 0.3) is 0 Å². The lowest BCUT2D eigenvalue weighted by atomic mass is 9.97. The first-order valence-electron chi connectivity index (χ1n) is 9.79. The molecule has 1 N–H and O–H groups in total. The summed E-state index contributed by atoms with van der Waals surface area (Å²) in [7, 11) is 0. The first kappa shape index (κ1) is 21.7. The van der Waals surface area contributed by atoms with Gasteiger partial charge in [0.05, 0.1) is 16.5 Å². The van der Waals surface area contributed by atoms with Crippen molar-refractivity contribution in [1.82, 2.24) is 15.2 Å². The minimum atomic E-state index is -4.44. The topological polar surface area (TPSA) is 65.5 Å². The SMILES string of the molecule is O=C(NCC(F)(F)F)C1CCCN(c2ncc(C(=O)N3CCCCC3)cc2Cl)C1. The van der Waals surface area contributed by atoms with E-state index in [0.29, 0.717) is 35.8 Å². The number of carbonyl (C=O) groups is 2. The lowest BCUT2D eigenvalue weighted by molar-refractivity contribution is -0.140. The zero-order chi connectivity index (χ0) is 21.0. The molecular formula is C19H24ClF3N4O2. The molecule has 3 heterocycles. The van der Waals surface area contributed by atoms with Gasteiger partial charge in [0.25, 0.3) is 5.91 Å². The molecule has 2 fully saturated rings. The van der Waals surface area contributed by atoms with Crippen LogP contribution in [0.2, 0.25) is 5.02 Å². The first-order chi connectivity index (χ1) is 13.7. The Morgan fingerprint density at radius 1 is 1.17 bits per heavy atom. The average molecular weight is 433 g/mol. The molecule has 1 aromatic rings. The maximum Gasteiger partial charge on any atom is 0.405 e. The molecule has 0 radical (unpaired) electrons. The zero-order valence-electron chi connectivity index (χ0n) is 16.0. The summed E-state index contributed by atoms with van der Waals surface area (Å²) in [5, 5.41) is 2.24. The third-order valence-electron chi connectivity index (χ3n) is 5.27. The van der Waals surface area contributed by atoms with E-state index in [0.717, 1.165) is 32.4 Å². The standard InChI is InChI=1S/C19H24ClF3N4O2/c20-15-9-14(18(29)26-6-2-1-3-7-26)10-24-16(15)27-8-4-5-13(11-27)17(28)25-12-19(21,22)23/h9-10,13H,1-8,11-12H2,(H,25,28). The van der Waals surface area contributed by atoms with Gasteiger partial charge in [-0.15, -0.1) is 0 Å². The largest absolute Gasteiger partial charge is 0.405 e. The summed E-state index contributed by atoms with van der Waals surface area (Å²) < 4.78 is 37.0. The van der Waals surface area contributed by atoms with Crippen molar-refractivity contribution in [3.8, 4) is 0 Å². The molecule has 1 unspecified atom stereocenters. The van der Waals surface area contributed by atoms with Crippen molar-refractivity contribution in [3.63, 3.8) is 0 Å². The summed E-state index contributed by atoms with van der Waals surface area (Å²) in [6.45, 7) is 0.928. The average Bonchev–Trinajstić information content (AvgIpc) is 2.71. The maximum atomic E-state index is 12.6. The molecule has 3 rings (SSSR count). The molecule has 0 aromatic carbocycles. The number of nitrogens with one attached hydrogen (secondary N) is 1. The van der Waals surface area contributed by atoms with Gasteiger partial charge in [-0.1, -0.05) is 11.6 Å². The van der Waals surface area contributed by atoms with E-state index in [9.17, 15) is 22.8 Å². The van der Waals surface area contributed by atoms with Gasteiger partial charge in [0.2, 0.25) is 5.91 Å². The van der Waals surface area contributed by atoms with Gasteiger partial charge in [0, 0.05) is 32.4 Å². The molecule has 0 saturated carbocycles. The van der Waals surface area contributed by atoms with Crippen molar-refractivity contribution >= 4 is 29.2 Å². The molecule has 1 atom stereocenters. The molecule has 0 bridgehead atoms. The van der Waals surface area contributed by atoms with E-state index in [4.69, 9.17) is 11.6 Å². The number of carbonyl (C=O) groups excluding carboxylic acids is 2. The molecule has 2 amide bonds. The zero-order valence-corrected chi connectivity index (χ0v) is 16.7. The van der Waals surface area contributed by atoms with Gasteiger partial charge in [0.15, 0.2) is 0 Å². The number of alkyl halides is 3. The summed E-state index contributed by atoms with van der Waals surface area (Å²) >= 11 is 6.37. The highest BCUT2D eigenvalue weighted by Gasteiger charge is 2.32. The van der Waals surface area contributed by atoms with Gasteiger partial charge in [-0.3, -0.25) is 9.59 Å². The Hall–Kier alpha value is -2.03. The lowest BCUT2D eigenvalue weighted by Crippen LogP contribution is -2.45. The second kappa shape index (κ2) is 9.19.